The first-order valence-corrected chi connectivity index (χ1v) is 8.89. The SMILES string of the molecule is CCn1ncc(Br)c1/C=C1/NC(=S)N(C2CCCCC2)C1=O. The van der Waals surface area contributed by atoms with Gasteiger partial charge in [-0.2, -0.15) is 5.10 Å². The number of thiocarbonyl (C=S) groups is 1. The van der Waals surface area contributed by atoms with Crippen LogP contribution < -0.4 is 5.32 Å². The van der Waals surface area contributed by atoms with Gasteiger partial charge < -0.3 is 5.32 Å². The van der Waals surface area contributed by atoms with E-state index in [2.05, 4.69) is 26.3 Å². The molecule has 22 heavy (non-hydrogen) atoms. The van der Waals surface area contributed by atoms with E-state index in [9.17, 15) is 4.79 Å². The summed E-state index contributed by atoms with van der Waals surface area (Å²) in [5.41, 5.74) is 1.41. The Labute approximate surface area is 143 Å². The van der Waals surface area contributed by atoms with Crippen LogP contribution in [0.1, 0.15) is 44.7 Å². The fourth-order valence-corrected chi connectivity index (χ4v) is 3.88. The number of rotatable bonds is 3. The molecule has 0 unspecified atom stereocenters. The molecule has 2 aliphatic rings. The highest BCUT2D eigenvalue weighted by Crippen LogP contribution is 2.27. The number of carbonyl (C=O) groups is 1. The van der Waals surface area contributed by atoms with Crippen molar-refractivity contribution in [3.63, 3.8) is 0 Å². The van der Waals surface area contributed by atoms with Crippen LogP contribution in [0.5, 0.6) is 0 Å². The molecular weight excluding hydrogens is 364 g/mol. The van der Waals surface area contributed by atoms with Gasteiger partial charge in [0.25, 0.3) is 5.91 Å². The average molecular weight is 383 g/mol. The maximum Gasteiger partial charge on any atom is 0.276 e. The lowest BCUT2D eigenvalue weighted by Crippen LogP contribution is -2.41. The Kier molecular flexibility index (Phi) is 4.63. The Balaban J connectivity index is 1.87. The predicted molar refractivity (Wildman–Crippen MR) is 93.0 cm³/mol. The monoisotopic (exact) mass is 382 g/mol. The molecule has 1 aliphatic carbocycles. The van der Waals surface area contributed by atoms with E-state index in [1.54, 1.807) is 11.1 Å². The number of aromatic nitrogens is 2. The largest absolute Gasteiger partial charge is 0.328 e. The maximum absolute atomic E-state index is 12.7. The summed E-state index contributed by atoms with van der Waals surface area (Å²) in [5, 5.41) is 7.87. The van der Waals surface area contributed by atoms with Gasteiger partial charge in [-0.1, -0.05) is 19.3 Å². The van der Waals surface area contributed by atoms with Crippen molar-refractivity contribution in [1.82, 2.24) is 20.0 Å². The molecule has 1 aliphatic heterocycles. The molecule has 0 radical (unpaired) electrons. The molecule has 0 spiro atoms. The molecule has 2 heterocycles. The van der Waals surface area contributed by atoms with Gasteiger partial charge in [0.05, 0.1) is 16.4 Å². The molecule has 5 nitrogen and oxygen atoms in total. The van der Waals surface area contributed by atoms with E-state index in [4.69, 9.17) is 12.2 Å². The number of carbonyl (C=O) groups excluding carboxylic acids is 1. The van der Waals surface area contributed by atoms with E-state index >= 15 is 0 Å². The molecule has 118 valence electrons. The molecule has 1 saturated carbocycles. The standard InChI is InChI=1S/C15H19BrN4OS/c1-2-19-13(11(16)9-17-19)8-12-14(21)20(15(22)18-12)10-6-4-3-5-7-10/h8-10H,2-7H2,1H3,(H,18,22)/b12-8+. The van der Waals surface area contributed by atoms with Crippen molar-refractivity contribution in [3.8, 4) is 0 Å². The van der Waals surface area contributed by atoms with Gasteiger partial charge in [-0.05, 0) is 54.0 Å². The van der Waals surface area contributed by atoms with Gasteiger partial charge in [-0.3, -0.25) is 14.4 Å². The highest BCUT2D eigenvalue weighted by atomic mass is 79.9. The number of nitrogens with one attached hydrogen (secondary N) is 1. The van der Waals surface area contributed by atoms with Gasteiger partial charge in [0.2, 0.25) is 0 Å². The lowest BCUT2D eigenvalue weighted by Gasteiger charge is -2.29. The number of hydrogen-bond acceptors (Lipinski definition) is 3. The molecule has 2 fully saturated rings. The third kappa shape index (κ3) is 2.84. The van der Waals surface area contributed by atoms with Crippen LogP contribution in [-0.2, 0) is 11.3 Å². The second-order valence-electron chi connectivity index (χ2n) is 5.65. The third-order valence-corrected chi connectivity index (χ3v) is 5.17. The zero-order valence-electron chi connectivity index (χ0n) is 12.5. The van der Waals surface area contributed by atoms with Crippen LogP contribution in [0.2, 0.25) is 0 Å². The number of nitrogens with zero attached hydrogens (tertiary/aromatic N) is 3. The van der Waals surface area contributed by atoms with Crippen molar-refractivity contribution in [3.05, 3.63) is 22.1 Å². The molecular formula is C15H19BrN4OS. The quantitative estimate of drug-likeness (QED) is 0.644. The van der Waals surface area contributed by atoms with Crippen LogP contribution in [0.15, 0.2) is 16.4 Å². The Bertz CT molecular complexity index is 633. The summed E-state index contributed by atoms with van der Waals surface area (Å²) in [7, 11) is 0. The third-order valence-electron chi connectivity index (χ3n) is 4.26. The summed E-state index contributed by atoms with van der Waals surface area (Å²) in [6.45, 7) is 2.76. The maximum atomic E-state index is 12.7. The normalized spacial score (nSPS) is 21.7. The Morgan fingerprint density at radius 2 is 2.18 bits per heavy atom. The van der Waals surface area contributed by atoms with Crippen LogP contribution in [0.4, 0.5) is 0 Å². The first-order chi connectivity index (χ1) is 10.6. The summed E-state index contributed by atoms with van der Waals surface area (Å²) >= 11 is 8.86. The van der Waals surface area contributed by atoms with Gasteiger partial charge >= 0.3 is 0 Å². The first-order valence-electron chi connectivity index (χ1n) is 7.69. The lowest BCUT2D eigenvalue weighted by atomic mass is 9.94. The number of hydrogen-bond donors (Lipinski definition) is 1. The summed E-state index contributed by atoms with van der Waals surface area (Å²) in [4.78, 5) is 14.5. The molecule has 1 amide bonds. The van der Waals surface area contributed by atoms with Gasteiger partial charge in [0, 0.05) is 12.6 Å². The lowest BCUT2D eigenvalue weighted by molar-refractivity contribution is -0.124. The summed E-state index contributed by atoms with van der Waals surface area (Å²) in [6, 6.07) is 0.242. The van der Waals surface area contributed by atoms with E-state index in [-0.39, 0.29) is 11.9 Å². The van der Waals surface area contributed by atoms with Gasteiger partial charge in [-0.15, -0.1) is 0 Å². The summed E-state index contributed by atoms with van der Waals surface area (Å²) in [5.74, 6) is -0.0207. The minimum atomic E-state index is -0.0207. The van der Waals surface area contributed by atoms with Gasteiger partial charge in [0.1, 0.15) is 5.70 Å². The number of amides is 1. The van der Waals surface area contributed by atoms with Gasteiger partial charge in [-0.25, -0.2) is 0 Å². The molecule has 7 heteroatoms. The van der Waals surface area contributed by atoms with Crippen molar-refractivity contribution in [2.24, 2.45) is 0 Å². The van der Waals surface area contributed by atoms with E-state index in [1.807, 2.05) is 17.7 Å². The highest BCUT2D eigenvalue weighted by Gasteiger charge is 2.36. The number of aryl methyl sites for hydroxylation is 1. The molecule has 1 saturated heterocycles. The van der Waals surface area contributed by atoms with Crippen molar-refractivity contribution in [2.75, 3.05) is 0 Å². The topological polar surface area (TPSA) is 50.2 Å². The van der Waals surface area contributed by atoms with Crippen molar-refractivity contribution in [2.45, 2.75) is 51.6 Å². The fraction of sp³-hybridized carbons (Fsp3) is 0.533. The summed E-state index contributed by atoms with van der Waals surface area (Å²) < 4.78 is 2.72. The highest BCUT2D eigenvalue weighted by molar-refractivity contribution is 9.10. The van der Waals surface area contributed by atoms with Crippen LogP contribution in [0.25, 0.3) is 6.08 Å². The predicted octanol–water partition coefficient (Wildman–Crippen LogP) is 3.06. The molecule has 1 N–H and O–H groups in total. The second kappa shape index (κ2) is 6.50. The zero-order valence-corrected chi connectivity index (χ0v) is 14.9. The van der Waals surface area contributed by atoms with Crippen LogP contribution >= 0.6 is 28.1 Å². The van der Waals surface area contributed by atoms with Crippen LogP contribution in [0.3, 0.4) is 0 Å². The Hall–Kier alpha value is -1.21. The van der Waals surface area contributed by atoms with E-state index in [1.165, 1.54) is 19.3 Å². The fourth-order valence-electron chi connectivity index (χ4n) is 3.12. The molecule has 0 atom stereocenters. The Morgan fingerprint density at radius 3 is 2.86 bits per heavy atom. The van der Waals surface area contributed by atoms with Crippen molar-refractivity contribution < 1.29 is 4.79 Å². The molecule has 1 aromatic rings. The Morgan fingerprint density at radius 1 is 1.45 bits per heavy atom. The average Bonchev–Trinajstić information content (AvgIpc) is 3.01. The molecule has 1 aromatic heterocycles. The zero-order chi connectivity index (χ0) is 15.7. The minimum absolute atomic E-state index is 0.0207. The number of halogens is 1. The molecule has 3 rings (SSSR count). The van der Waals surface area contributed by atoms with E-state index in [0.29, 0.717) is 10.8 Å². The van der Waals surface area contributed by atoms with Crippen LogP contribution in [0, 0.1) is 0 Å². The van der Waals surface area contributed by atoms with E-state index in [0.717, 1.165) is 29.6 Å². The van der Waals surface area contributed by atoms with Crippen molar-refractivity contribution in [1.29, 1.82) is 0 Å². The molecule has 0 bridgehead atoms. The first kappa shape index (κ1) is 15.7. The molecule has 0 aromatic carbocycles. The van der Waals surface area contributed by atoms with E-state index < -0.39 is 0 Å². The van der Waals surface area contributed by atoms with Crippen molar-refractivity contribution >= 4 is 45.2 Å². The smallest absolute Gasteiger partial charge is 0.276 e. The summed E-state index contributed by atoms with van der Waals surface area (Å²) in [6.07, 6.45) is 9.25. The second-order valence-corrected chi connectivity index (χ2v) is 6.89. The minimum Gasteiger partial charge on any atom is -0.328 e. The van der Waals surface area contributed by atoms with Crippen LogP contribution in [-0.4, -0.2) is 31.7 Å². The van der Waals surface area contributed by atoms with Gasteiger partial charge in [0.15, 0.2) is 5.11 Å².